The molecule has 216 valence electrons. The average Bonchev–Trinajstić information content (AvgIpc) is 3.39. The van der Waals surface area contributed by atoms with E-state index in [1.807, 2.05) is 44.2 Å². The van der Waals surface area contributed by atoms with Crippen LogP contribution in [0.3, 0.4) is 0 Å². The lowest BCUT2D eigenvalue weighted by atomic mass is 9.90. The van der Waals surface area contributed by atoms with Crippen molar-refractivity contribution in [3.63, 3.8) is 0 Å². The van der Waals surface area contributed by atoms with Crippen molar-refractivity contribution in [3.8, 4) is 11.5 Å². The molecule has 2 aliphatic rings. The zero-order chi connectivity index (χ0) is 29.4. The first-order valence-electron chi connectivity index (χ1n) is 14.6. The summed E-state index contributed by atoms with van der Waals surface area (Å²) in [6.07, 6.45) is 3.20. The van der Waals surface area contributed by atoms with Gasteiger partial charge in [-0.3, -0.25) is 9.59 Å². The number of nitrogens with zero attached hydrogens (tertiary/aromatic N) is 1. The van der Waals surface area contributed by atoms with Gasteiger partial charge < -0.3 is 19.5 Å². The summed E-state index contributed by atoms with van der Waals surface area (Å²) in [5, 5.41) is 9.49. The van der Waals surface area contributed by atoms with Gasteiger partial charge in [-0.1, -0.05) is 62.4 Å². The number of carbonyl (C=O) groups excluding carboxylic acids is 1. The lowest BCUT2D eigenvalue weighted by Crippen LogP contribution is -2.35. The number of carboxylic acid groups (broad SMARTS) is 1. The fraction of sp³-hybridized carbons (Fsp3) is 0.429. The molecule has 1 atom stereocenters. The third-order valence-corrected chi connectivity index (χ3v) is 8.08. The zero-order valence-electron chi connectivity index (χ0n) is 24.8. The fourth-order valence-electron chi connectivity index (χ4n) is 6.07. The highest BCUT2D eigenvalue weighted by Gasteiger charge is 2.35. The van der Waals surface area contributed by atoms with E-state index in [1.165, 1.54) is 16.0 Å². The number of carbonyl (C=O) groups is 2. The first-order chi connectivity index (χ1) is 19.4. The lowest BCUT2D eigenvalue weighted by molar-refractivity contribution is -0.144. The van der Waals surface area contributed by atoms with Crippen molar-refractivity contribution in [1.29, 1.82) is 0 Å². The van der Waals surface area contributed by atoms with Gasteiger partial charge >= 0.3 is 5.97 Å². The molecule has 0 radical (unpaired) electrons. The number of aryl methyl sites for hydroxylation is 1. The van der Waals surface area contributed by atoms with Crippen LogP contribution in [0.25, 0.3) is 0 Å². The molecule has 2 aliphatic heterocycles. The van der Waals surface area contributed by atoms with Crippen LogP contribution in [-0.2, 0) is 41.8 Å². The van der Waals surface area contributed by atoms with E-state index in [1.54, 1.807) is 0 Å². The van der Waals surface area contributed by atoms with Crippen LogP contribution in [-0.4, -0.2) is 39.6 Å². The van der Waals surface area contributed by atoms with E-state index in [0.717, 1.165) is 53.0 Å². The number of amides is 1. The molecule has 0 bridgehead atoms. The highest BCUT2D eigenvalue weighted by atomic mass is 16.5. The van der Waals surface area contributed by atoms with Crippen LogP contribution < -0.4 is 9.47 Å². The predicted octanol–water partition coefficient (Wildman–Crippen LogP) is 6.51. The van der Waals surface area contributed by atoms with Crippen LogP contribution in [0.5, 0.6) is 11.5 Å². The van der Waals surface area contributed by atoms with E-state index in [2.05, 4.69) is 51.1 Å². The van der Waals surface area contributed by atoms with Gasteiger partial charge in [-0.2, -0.15) is 0 Å². The number of rotatable bonds is 10. The zero-order valence-corrected chi connectivity index (χ0v) is 24.8. The lowest BCUT2D eigenvalue weighted by Gasteiger charge is -2.24. The molecule has 2 heterocycles. The maximum absolute atomic E-state index is 13.2. The van der Waals surface area contributed by atoms with Crippen molar-refractivity contribution in [2.24, 2.45) is 0 Å². The molecule has 3 aromatic carbocycles. The first-order valence-corrected chi connectivity index (χ1v) is 14.6. The van der Waals surface area contributed by atoms with Crippen molar-refractivity contribution in [2.45, 2.75) is 90.4 Å². The highest BCUT2D eigenvalue weighted by molar-refractivity contribution is 5.81. The van der Waals surface area contributed by atoms with Crippen molar-refractivity contribution in [3.05, 3.63) is 94.0 Å². The molecule has 41 heavy (non-hydrogen) atoms. The standard InChI is InChI=1S/C35H41NO5/c1-23(2)27-11-6-25(7-12-27)18-35(5)20-29-16-24(8-13-31(29)41-35)10-15-32(37)36(22-33(38)39)21-26-9-14-30-28(17-26)19-34(3,4)40-30/h6-9,11-14,16-17,23H,10,15,18-22H2,1-5H3,(H,38,39)/t35-/m1/s1. The molecule has 0 saturated heterocycles. The summed E-state index contributed by atoms with van der Waals surface area (Å²) in [5.74, 6) is 1.08. The molecule has 0 fully saturated rings. The second-order valence-corrected chi connectivity index (χ2v) is 12.9. The Bertz CT molecular complexity index is 1440. The van der Waals surface area contributed by atoms with Gasteiger partial charge in [0.1, 0.15) is 29.2 Å². The second kappa shape index (κ2) is 11.2. The third-order valence-electron chi connectivity index (χ3n) is 8.08. The Morgan fingerprint density at radius 1 is 0.854 bits per heavy atom. The first kappa shape index (κ1) is 28.7. The molecule has 0 spiro atoms. The van der Waals surface area contributed by atoms with E-state index in [-0.39, 0.29) is 36.6 Å². The SMILES string of the molecule is CC(C)c1ccc(C[C@]2(C)Cc3cc(CCC(=O)N(CC(=O)O)Cc4ccc5c(c4)CC(C)(C)O5)ccc3O2)cc1. The molecule has 0 aliphatic carbocycles. The van der Waals surface area contributed by atoms with Crippen LogP contribution in [0.15, 0.2) is 60.7 Å². The van der Waals surface area contributed by atoms with Crippen molar-refractivity contribution < 1.29 is 24.2 Å². The minimum atomic E-state index is -1.02. The molecular formula is C35H41NO5. The van der Waals surface area contributed by atoms with Gasteiger partial charge in [0.25, 0.3) is 0 Å². The van der Waals surface area contributed by atoms with Crippen molar-refractivity contribution in [2.75, 3.05) is 6.54 Å². The van der Waals surface area contributed by atoms with Gasteiger partial charge in [-0.05, 0) is 78.6 Å². The molecule has 1 N–H and O–H groups in total. The van der Waals surface area contributed by atoms with E-state index in [4.69, 9.17) is 9.47 Å². The van der Waals surface area contributed by atoms with Gasteiger partial charge in [0.05, 0.1) is 0 Å². The number of carboxylic acids is 1. The summed E-state index contributed by atoms with van der Waals surface area (Å²) >= 11 is 0. The van der Waals surface area contributed by atoms with Gasteiger partial charge in [-0.15, -0.1) is 0 Å². The molecule has 0 aromatic heterocycles. The Morgan fingerprint density at radius 2 is 1.46 bits per heavy atom. The van der Waals surface area contributed by atoms with Crippen molar-refractivity contribution >= 4 is 11.9 Å². The third kappa shape index (κ3) is 6.92. The van der Waals surface area contributed by atoms with Gasteiger partial charge in [0.15, 0.2) is 0 Å². The van der Waals surface area contributed by atoms with Crippen LogP contribution in [0.4, 0.5) is 0 Å². The maximum Gasteiger partial charge on any atom is 0.323 e. The predicted molar refractivity (Wildman–Crippen MR) is 160 cm³/mol. The maximum atomic E-state index is 13.2. The van der Waals surface area contributed by atoms with Gasteiger partial charge in [0, 0.05) is 32.2 Å². The topological polar surface area (TPSA) is 76.1 Å². The van der Waals surface area contributed by atoms with Gasteiger partial charge in [-0.25, -0.2) is 0 Å². The average molecular weight is 556 g/mol. The molecule has 0 saturated carbocycles. The minimum absolute atomic E-state index is 0.170. The number of aliphatic carboxylic acids is 1. The molecular weight excluding hydrogens is 514 g/mol. The minimum Gasteiger partial charge on any atom is -0.487 e. The van der Waals surface area contributed by atoms with Gasteiger partial charge in [0.2, 0.25) is 5.91 Å². The molecule has 1 amide bonds. The number of ether oxygens (including phenoxy) is 2. The summed E-state index contributed by atoms with van der Waals surface area (Å²) in [7, 11) is 0. The highest BCUT2D eigenvalue weighted by Crippen LogP contribution is 2.38. The number of fused-ring (bicyclic) bond motifs is 2. The molecule has 0 unspecified atom stereocenters. The van der Waals surface area contributed by atoms with E-state index in [0.29, 0.717) is 12.3 Å². The normalized spacial score (nSPS) is 18.4. The Kier molecular flexibility index (Phi) is 7.87. The molecule has 6 heteroatoms. The van der Waals surface area contributed by atoms with E-state index < -0.39 is 5.97 Å². The second-order valence-electron chi connectivity index (χ2n) is 12.9. The summed E-state index contributed by atoms with van der Waals surface area (Å²) in [4.78, 5) is 26.2. The summed E-state index contributed by atoms with van der Waals surface area (Å²) < 4.78 is 12.4. The largest absolute Gasteiger partial charge is 0.487 e. The molecule has 3 aromatic rings. The number of benzene rings is 3. The fourth-order valence-corrected chi connectivity index (χ4v) is 6.07. The van der Waals surface area contributed by atoms with Crippen LogP contribution >= 0.6 is 0 Å². The van der Waals surface area contributed by atoms with Crippen LogP contribution in [0.2, 0.25) is 0 Å². The quantitative estimate of drug-likeness (QED) is 0.309. The van der Waals surface area contributed by atoms with Crippen LogP contribution in [0, 0.1) is 0 Å². The summed E-state index contributed by atoms with van der Waals surface area (Å²) in [6.45, 7) is 10.6. The summed E-state index contributed by atoms with van der Waals surface area (Å²) in [5.41, 5.74) is 6.23. The Hall–Kier alpha value is -3.80. The van der Waals surface area contributed by atoms with E-state index >= 15 is 0 Å². The molecule has 6 nitrogen and oxygen atoms in total. The number of hydrogen-bond donors (Lipinski definition) is 1. The Balaban J connectivity index is 1.20. The monoisotopic (exact) mass is 555 g/mol. The summed E-state index contributed by atoms with van der Waals surface area (Å²) in [6, 6.07) is 20.8. The number of hydrogen-bond acceptors (Lipinski definition) is 4. The Morgan fingerprint density at radius 3 is 2.15 bits per heavy atom. The van der Waals surface area contributed by atoms with E-state index in [9.17, 15) is 14.7 Å². The van der Waals surface area contributed by atoms with Crippen LogP contribution in [0.1, 0.15) is 80.3 Å². The molecule has 5 rings (SSSR count). The smallest absolute Gasteiger partial charge is 0.323 e. The van der Waals surface area contributed by atoms with Crippen molar-refractivity contribution in [1.82, 2.24) is 4.90 Å². The Labute approximate surface area is 243 Å².